The molecule has 0 spiro atoms. The lowest BCUT2D eigenvalue weighted by molar-refractivity contribution is -0.120. The van der Waals surface area contributed by atoms with Crippen molar-refractivity contribution < 1.29 is 14.2 Å². The molecule has 1 aromatic heterocycles. The normalized spacial score (nSPS) is 16.2. The zero-order valence-electron chi connectivity index (χ0n) is 15.0. The van der Waals surface area contributed by atoms with Gasteiger partial charge in [-0.25, -0.2) is 4.63 Å². The first-order valence-electron chi connectivity index (χ1n) is 9.13. The number of anilines is 2. The summed E-state index contributed by atoms with van der Waals surface area (Å²) in [5, 5.41) is 11.1. The van der Waals surface area contributed by atoms with Gasteiger partial charge in [0.25, 0.3) is 0 Å². The maximum absolute atomic E-state index is 12.6. The van der Waals surface area contributed by atoms with E-state index >= 15 is 0 Å². The van der Waals surface area contributed by atoms with Crippen LogP contribution in [0.3, 0.4) is 0 Å². The second-order valence-corrected chi connectivity index (χ2v) is 6.43. The van der Waals surface area contributed by atoms with E-state index in [-0.39, 0.29) is 11.8 Å². The van der Waals surface area contributed by atoms with Crippen LogP contribution in [0.2, 0.25) is 0 Å². The van der Waals surface area contributed by atoms with Crippen molar-refractivity contribution in [2.24, 2.45) is 5.92 Å². The number of hydrogen-bond acceptors (Lipinski definition) is 6. The van der Waals surface area contributed by atoms with Gasteiger partial charge < -0.3 is 15.0 Å². The first-order chi connectivity index (χ1) is 12.2. The van der Waals surface area contributed by atoms with Gasteiger partial charge >= 0.3 is 0 Å². The third-order valence-electron chi connectivity index (χ3n) is 4.77. The van der Waals surface area contributed by atoms with Gasteiger partial charge in [0.15, 0.2) is 11.0 Å². The average molecular weight is 346 g/mol. The van der Waals surface area contributed by atoms with Gasteiger partial charge in [0, 0.05) is 19.0 Å². The minimum atomic E-state index is 0.0220. The smallest absolute Gasteiger partial charge is 0.227 e. The lowest BCUT2D eigenvalue weighted by Gasteiger charge is -2.28. The van der Waals surface area contributed by atoms with Gasteiger partial charge in [0.05, 0.1) is 24.6 Å². The third-order valence-corrected chi connectivity index (χ3v) is 4.77. The molecule has 1 atom stereocenters. The lowest BCUT2D eigenvalue weighted by atomic mass is 9.98. The van der Waals surface area contributed by atoms with Crippen LogP contribution in [0.25, 0.3) is 11.0 Å². The molecular weight excluding hydrogens is 320 g/mol. The van der Waals surface area contributed by atoms with Crippen LogP contribution in [-0.4, -0.2) is 42.5 Å². The molecule has 1 aromatic carbocycles. The lowest BCUT2D eigenvalue weighted by Crippen LogP contribution is -2.36. The van der Waals surface area contributed by atoms with E-state index in [4.69, 9.17) is 9.37 Å². The maximum atomic E-state index is 12.6. The number of amides is 1. The Bertz CT molecular complexity index is 709. The Morgan fingerprint density at radius 2 is 2.00 bits per heavy atom. The molecule has 1 N–H and O–H groups in total. The minimum absolute atomic E-state index is 0.0220. The molecule has 2 aromatic rings. The maximum Gasteiger partial charge on any atom is 0.227 e. The number of fused-ring (bicyclic) bond motifs is 1. The molecule has 1 fully saturated rings. The highest BCUT2D eigenvalue weighted by Gasteiger charge is 2.21. The SMILES string of the molecule is CCCCC(CC)C(=O)Nc1ccc(N2CCOCC2)c2nonc12. The molecule has 136 valence electrons. The summed E-state index contributed by atoms with van der Waals surface area (Å²) in [7, 11) is 0. The number of carbonyl (C=O) groups excluding carboxylic acids is 1. The number of nitrogens with zero attached hydrogens (tertiary/aromatic N) is 3. The Kier molecular flexibility index (Phi) is 5.86. The molecule has 0 saturated carbocycles. The Balaban J connectivity index is 1.81. The monoisotopic (exact) mass is 346 g/mol. The van der Waals surface area contributed by atoms with Gasteiger partial charge in [-0.05, 0) is 35.3 Å². The summed E-state index contributed by atoms with van der Waals surface area (Å²) < 4.78 is 10.4. The molecule has 1 saturated heterocycles. The molecule has 1 amide bonds. The van der Waals surface area contributed by atoms with Crippen molar-refractivity contribution in [1.82, 2.24) is 10.3 Å². The van der Waals surface area contributed by atoms with Crippen LogP contribution < -0.4 is 10.2 Å². The molecule has 25 heavy (non-hydrogen) atoms. The zero-order chi connectivity index (χ0) is 17.6. The topological polar surface area (TPSA) is 80.5 Å². The van der Waals surface area contributed by atoms with Gasteiger partial charge in [0.2, 0.25) is 5.91 Å². The molecule has 1 unspecified atom stereocenters. The Morgan fingerprint density at radius 3 is 2.72 bits per heavy atom. The molecule has 0 aliphatic carbocycles. The number of unbranched alkanes of at least 4 members (excludes halogenated alkanes) is 1. The highest BCUT2D eigenvalue weighted by Crippen LogP contribution is 2.31. The second kappa shape index (κ2) is 8.29. The van der Waals surface area contributed by atoms with Crippen molar-refractivity contribution >= 4 is 28.3 Å². The molecule has 0 bridgehead atoms. The largest absolute Gasteiger partial charge is 0.378 e. The van der Waals surface area contributed by atoms with E-state index in [9.17, 15) is 4.79 Å². The molecule has 7 nitrogen and oxygen atoms in total. The van der Waals surface area contributed by atoms with Crippen molar-refractivity contribution in [3.05, 3.63) is 12.1 Å². The number of carbonyl (C=O) groups is 1. The highest BCUT2D eigenvalue weighted by molar-refractivity contribution is 6.03. The van der Waals surface area contributed by atoms with Crippen LogP contribution in [-0.2, 0) is 9.53 Å². The molecule has 0 radical (unpaired) electrons. The summed E-state index contributed by atoms with van der Waals surface area (Å²) in [5.74, 6) is 0.0631. The van der Waals surface area contributed by atoms with Crippen LogP contribution in [0.4, 0.5) is 11.4 Å². The summed E-state index contributed by atoms with van der Waals surface area (Å²) in [6, 6.07) is 3.86. The first-order valence-corrected chi connectivity index (χ1v) is 9.13. The van der Waals surface area contributed by atoms with E-state index in [1.165, 1.54) is 0 Å². The van der Waals surface area contributed by atoms with Crippen LogP contribution >= 0.6 is 0 Å². The first kappa shape index (κ1) is 17.7. The fraction of sp³-hybridized carbons (Fsp3) is 0.611. The fourth-order valence-electron chi connectivity index (χ4n) is 3.22. The van der Waals surface area contributed by atoms with Gasteiger partial charge in [-0.3, -0.25) is 4.79 Å². The summed E-state index contributed by atoms with van der Waals surface area (Å²) in [4.78, 5) is 14.8. The molecule has 7 heteroatoms. The van der Waals surface area contributed by atoms with Crippen LogP contribution in [0.15, 0.2) is 16.8 Å². The molecule has 1 aliphatic heterocycles. The molecule has 2 heterocycles. The summed E-state index contributed by atoms with van der Waals surface area (Å²) in [6.45, 7) is 7.20. The van der Waals surface area contributed by atoms with Crippen molar-refractivity contribution in [2.45, 2.75) is 39.5 Å². The van der Waals surface area contributed by atoms with Crippen LogP contribution in [0.1, 0.15) is 39.5 Å². The van der Waals surface area contributed by atoms with Crippen molar-refractivity contribution in [1.29, 1.82) is 0 Å². The Labute approximate surface area is 147 Å². The number of benzene rings is 1. The number of aromatic nitrogens is 2. The predicted molar refractivity (Wildman–Crippen MR) is 96.8 cm³/mol. The van der Waals surface area contributed by atoms with Gasteiger partial charge in [-0.15, -0.1) is 0 Å². The highest BCUT2D eigenvalue weighted by atomic mass is 16.6. The minimum Gasteiger partial charge on any atom is -0.378 e. The summed E-state index contributed by atoms with van der Waals surface area (Å²) >= 11 is 0. The molecule has 3 rings (SSSR count). The zero-order valence-corrected chi connectivity index (χ0v) is 15.0. The summed E-state index contributed by atoms with van der Waals surface area (Å²) in [6.07, 6.45) is 3.89. The van der Waals surface area contributed by atoms with Crippen molar-refractivity contribution in [2.75, 3.05) is 36.5 Å². The van der Waals surface area contributed by atoms with Gasteiger partial charge in [0.1, 0.15) is 0 Å². The van der Waals surface area contributed by atoms with E-state index in [0.29, 0.717) is 29.9 Å². The van der Waals surface area contributed by atoms with Gasteiger partial charge in [-0.2, -0.15) is 0 Å². The second-order valence-electron chi connectivity index (χ2n) is 6.43. The number of morpholine rings is 1. The number of ether oxygens (including phenoxy) is 1. The van der Waals surface area contributed by atoms with Crippen molar-refractivity contribution in [3.63, 3.8) is 0 Å². The van der Waals surface area contributed by atoms with E-state index in [1.807, 2.05) is 12.1 Å². The van der Waals surface area contributed by atoms with E-state index < -0.39 is 0 Å². The van der Waals surface area contributed by atoms with E-state index in [1.54, 1.807) is 0 Å². The third kappa shape index (κ3) is 3.92. The van der Waals surface area contributed by atoms with Crippen molar-refractivity contribution in [3.8, 4) is 0 Å². The quantitative estimate of drug-likeness (QED) is 0.829. The molecular formula is C18H26N4O3. The van der Waals surface area contributed by atoms with E-state index in [2.05, 4.69) is 34.4 Å². The van der Waals surface area contributed by atoms with Gasteiger partial charge in [-0.1, -0.05) is 26.7 Å². The number of hydrogen-bond donors (Lipinski definition) is 1. The average Bonchev–Trinajstić information content (AvgIpc) is 3.13. The Hall–Kier alpha value is -2.15. The molecule has 1 aliphatic rings. The Morgan fingerprint density at radius 1 is 1.24 bits per heavy atom. The van der Waals surface area contributed by atoms with Crippen LogP contribution in [0.5, 0.6) is 0 Å². The van der Waals surface area contributed by atoms with Crippen LogP contribution in [0, 0.1) is 5.92 Å². The fourth-order valence-corrected chi connectivity index (χ4v) is 3.22. The predicted octanol–water partition coefficient (Wildman–Crippen LogP) is 3.21. The summed E-state index contributed by atoms with van der Waals surface area (Å²) in [5.41, 5.74) is 2.91. The standard InChI is InChI=1S/C18H26N4O3/c1-3-5-6-13(4-2)18(23)19-14-7-8-15(17-16(14)20-25-21-17)22-9-11-24-12-10-22/h7-8,13H,3-6,9-12H2,1-2H3,(H,19,23). The number of rotatable bonds is 7. The van der Waals surface area contributed by atoms with E-state index in [0.717, 1.165) is 44.5 Å². The number of nitrogens with one attached hydrogen (secondary N) is 1.